The Morgan fingerprint density at radius 1 is 1.36 bits per heavy atom. The van der Waals surface area contributed by atoms with Crippen molar-refractivity contribution < 1.29 is 0 Å². The zero-order chi connectivity index (χ0) is 8.69. The van der Waals surface area contributed by atoms with Gasteiger partial charge in [0.15, 0.2) is 5.29 Å². The molecule has 0 aromatic heterocycles. The normalized spacial score (nSPS) is 11.8. The standard InChI is InChI=1S/C8H17ClN2/c1-4-6-10-8(9)11(3)7-5-2/h4-7H2,1-3H3. The van der Waals surface area contributed by atoms with E-state index in [1.54, 1.807) is 0 Å². The Labute approximate surface area is 74.3 Å². The van der Waals surface area contributed by atoms with Gasteiger partial charge >= 0.3 is 0 Å². The Morgan fingerprint density at radius 3 is 2.45 bits per heavy atom. The van der Waals surface area contributed by atoms with E-state index >= 15 is 0 Å². The fraction of sp³-hybridized carbons (Fsp3) is 0.875. The minimum absolute atomic E-state index is 0.633. The van der Waals surface area contributed by atoms with Crippen LogP contribution in [0, 0.1) is 0 Å². The van der Waals surface area contributed by atoms with Crippen LogP contribution in [0.5, 0.6) is 0 Å². The number of hydrogen-bond donors (Lipinski definition) is 0. The molecule has 0 bridgehead atoms. The van der Waals surface area contributed by atoms with Gasteiger partial charge < -0.3 is 4.90 Å². The SMILES string of the molecule is CCCN=C(Cl)N(C)CCC. The molecule has 0 radical (unpaired) electrons. The number of halogens is 1. The molecular formula is C8H17ClN2. The Kier molecular flexibility index (Phi) is 6.33. The molecular weight excluding hydrogens is 160 g/mol. The maximum Gasteiger partial charge on any atom is 0.193 e. The zero-order valence-corrected chi connectivity index (χ0v) is 8.36. The molecule has 0 saturated carbocycles. The number of amidine groups is 1. The summed E-state index contributed by atoms with van der Waals surface area (Å²) in [5.74, 6) is 0. The van der Waals surface area contributed by atoms with Crippen LogP contribution in [-0.4, -0.2) is 30.3 Å². The van der Waals surface area contributed by atoms with Gasteiger partial charge in [-0.05, 0) is 24.4 Å². The highest BCUT2D eigenvalue weighted by Crippen LogP contribution is 1.95. The largest absolute Gasteiger partial charge is 0.350 e. The lowest BCUT2D eigenvalue weighted by atomic mass is 10.4. The van der Waals surface area contributed by atoms with E-state index in [9.17, 15) is 0 Å². The summed E-state index contributed by atoms with van der Waals surface area (Å²) in [7, 11) is 1.96. The molecule has 66 valence electrons. The van der Waals surface area contributed by atoms with E-state index in [1.165, 1.54) is 0 Å². The van der Waals surface area contributed by atoms with E-state index < -0.39 is 0 Å². The first kappa shape index (κ1) is 10.8. The van der Waals surface area contributed by atoms with Crippen molar-refractivity contribution in [2.75, 3.05) is 20.1 Å². The van der Waals surface area contributed by atoms with Crippen LogP contribution in [-0.2, 0) is 0 Å². The van der Waals surface area contributed by atoms with Gasteiger partial charge in [-0.15, -0.1) is 0 Å². The van der Waals surface area contributed by atoms with Crippen LogP contribution < -0.4 is 0 Å². The highest BCUT2D eigenvalue weighted by Gasteiger charge is 1.98. The molecule has 3 heteroatoms. The predicted molar refractivity (Wildman–Crippen MR) is 51.4 cm³/mol. The summed E-state index contributed by atoms with van der Waals surface area (Å²) in [4.78, 5) is 6.14. The summed E-state index contributed by atoms with van der Waals surface area (Å²) in [6.07, 6.45) is 2.16. The summed E-state index contributed by atoms with van der Waals surface area (Å²) in [6, 6.07) is 0. The van der Waals surface area contributed by atoms with Crippen LogP contribution >= 0.6 is 11.6 Å². The molecule has 0 aromatic rings. The highest BCUT2D eigenvalue weighted by molar-refractivity contribution is 6.64. The molecule has 11 heavy (non-hydrogen) atoms. The number of nitrogens with zero attached hydrogens (tertiary/aromatic N) is 2. The van der Waals surface area contributed by atoms with E-state index in [0.717, 1.165) is 25.9 Å². The molecule has 0 aliphatic carbocycles. The second-order valence-corrected chi connectivity index (χ2v) is 2.91. The van der Waals surface area contributed by atoms with Gasteiger partial charge in [-0.1, -0.05) is 13.8 Å². The van der Waals surface area contributed by atoms with E-state index in [0.29, 0.717) is 5.29 Å². The van der Waals surface area contributed by atoms with Gasteiger partial charge in [-0.25, -0.2) is 0 Å². The third kappa shape index (κ3) is 5.08. The Balaban J connectivity index is 3.69. The zero-order valence-electron chi connectivity index (χ0n) is 7.60. The maximum atomic E-state index is 5.86. The molecule has 0 rings (SSSR count). The highest BCUT2D eigenvalue weighted by atomic mass is 35.5. The van der Waals surface area contributed by atoms with E-state index in [4.69, 9.17) is 11.6 Å². The predicted octanol–water partition coefficient (Wildman–Crippen LogP) is 2.33. The third-order valence-corrected chi connectivity index (χ3v) is 1.75. The van der Waals surface area contributed by atoms with Gasteiger partial charge in [0.25, 0.3) is 0 Å². The lowest BCUT2D eigenvalue weighted by molar-refractivity contribution is 0.507. The Morgan fingerprint density at radius 2 is 2.00 bits per heavy atom. The van der Waals surface area contributed by atoms with Crippen LogP contribution in [0.25, 0.3) is 0 Å². The number of hydrogen-bond acceptors (Lipinski definition) is 1. The Hall–Kier alpha value is -0.240. The minimum atomic E-state index is 0.633. The fourth-order valence-corrected chi connectivity index (χ4v) is 0.921. The van der Waals surface area contributed by atoms with Crippen molar-refractivity contribution in [1.29, 1.82) is 0 Å². The first-order valence-corrected chi connectivity index (χ1v) is 4.51. The van der Waals surface area contributed by atoms with Crippen LogP contribution in [0.15, 0.2) is 4.99 Å². The Bertz CT molecular complexity index is 123. The maximum absolute atomic E-state index is 5.86. The van der Waals surface area contributed by atoms with Crippen molar-refractivity contribution in [3.05, 3.63) is 0 Å². The first-order valence-electron chi connectivity index (χ1n) is 4.13. The van der Waals surface area contributed by atoms with Gasteiger partial charge in [-0.2, -0.15) is 0 Å². The van der Waals surface area contributed by atoms with Crippen molar-refractivity contribution in [1.82, 2.24) is 4.90 Å². The van der Waals surface area contributed by atoms with Crippen LogP contribution in [0.1, 0.15) is 26.7 Å². The van der Waals surface area contributed by atoms with Crippen molar-refractivity contribution in [2.24, 2.45) is 4.99 Å². The van der Waals surface area contributed by atoms with Crippen molar-refractivity contribution >= 4 is 16.9 Å². The molecule has 0 unspecified atom stereocenters. The van der Waals surface area contributed by atoms with Gasteiger partial charge in [0.05, 0.1) is 0 Å². The molecule has 0 aromatic carbocycles. The molecule has 0 amide bonds. The van der Waals surface area contributed by atoms with Gasteiger partial charge in [0, 0.05) is 20.1 Å². The van der Waals surface area contributed by atoms with Crippen LogP contribution in [0.2, 0.25) is 0 Å². The van der Waals surface area contributed by atoms with Gasteiger partial charge in [0.2, 0.25) is 0 Å². The van der Waals surface area contributed by atoms with E-state index in [1.807, 2.05) is 11.9 Å². The number of rotatable bonds is 4. The minimum Gasteiger partial charge on any atom is -0.350 e. The molecule has 0 aliphatic heterocycles. The average Bonchev–Trinajstić information content (AvgIpc) is 2.00. The smallest absolute Gasteiger partial charge is 0.193 e. The topological polar surface area (TPSA) is 15.6 Å². The van der Waals surface area contributed by atoms with E-state index in [2.05, 4.69) is 18.8 Å². The molecule has 0 heterocycles. The van der Waals surface area contributed by atoms with Crippen LogP contribution in [0.3, 0.4) is 0 Å². The summed E-state index contributed by atoms with van der Waals surface area (Å²) in [5.41, 5.74) is 0. The molecule has 0 aliphatic rings. The van der Waals surface area contributed by atoms with Gasteiger partial charge in [0.1, 0.15) is 0 Å². The molecule has 0 spiro atoms. The lowest BCUT2D eigenvalue weighted by Gasteiger charge is -2.14. The summed E-state index contributed by atoms with van der Waals surface area (Å²) < 4.78 is 0. The summed E-state index contributed by atoms with van der Waals surface area (Å²) in [6.45, 7) is 6.02. The fourth-order valence-electron chi connectivity index (χ4n) is 0.752. The molecule has 0 atom stereocenters. The average molecular weight is 177 g/mol. The van der Waals surface area contributed by atoms with Crippen molar-refractivity contribution in [2.45, 2.75) is 26.7 Å². The van der Waals surface area contributed by atoms with Crippen molar-refractivity contribution in [3.63, 3.8) is 0 Å². The summed E-state index contributed by atoms with van der Waals surface area (Å²) >= 11 is 5.86. The lowest BCUT2D eigenvalue weighted by Crippen LogP contribution is -2.23. The monoisotopic (exact) mass is 176 g/mol. The third-order valence-electron chi connectivity index (χ3n) is 1.34. The molecule has 0 saturated heterocycles. The second kappa shape index (κ2) is 6.47. The van der Waals surface area contributed by atoms with Crippen molar-refractivity contribution in [3.8, 4) is 0 Å². The molecule has 0 N–H and O–H groups in total. The second-order valence-electron chi connectivity index (χ2n) is 2.57. The molecule has 2 nitrogen and oxygen atoms in total. The van der Waals surface area contributed by atoms with Crippen LogP contribution in [0.4, 0.5) is 0 Å². The quantitative estimate of drug-likeness (QED) is 0.365. The van der Waals surface area contributed by atoms with Gasteiger partial charge in [-0.3, -0.25) is 4.99 Å². The first-order chi connectivity index (χ1) is 5.22. The number of aliphatic imine (C=N–C) groups is 1. The summed E-state index contributed by atoms with van der Waals surface area (Å²) in [5, 5.41) is 0.633. The van der Waals surface area contributed by atoms with E-state index in [-0.39, 0.29) is 0 Å². The molecule has 0 fully saturated rings.